The predicted molar refractivity (Wildman–Crippen MR) is 133 cm³/mol. The molecule has 0 amide bonds. The van der Waals surface area contributed by atoms with Crippen LogP contribution in [0.1, 0.15) is 53.4 Å². The summed E-state index contributed by atoms with van der Waals surface area (Å²) >= 11 is 0. The summed E-state index contributed by atoms with van der Waals surface area (Å²) < 4.78 is 80.9. The third-order valence-electron chi connectivity index (χ3n) is 7.57. The minimum atomic E-state index is -4.87. The lowest BCUT2D eigenvalue weighted by molar-refractivity contribution is -0.143. The average molecular weight is 519 g/mol. The highest BCUT2D eigenvalue weighted by atomic mass is 19.4. The number of hydrogen-bond acceptors (Lipinski definition) is 2. The SMILES string of the molecule is FC(F)(F)c1cc(N2CCC(c3ccc(N4CCCC4)cc3)C(c3ccccc3)C2)cc(C(F)(F)F)c1. The van der Waals surface area contributed by atoms with Gasteiger partial charge in [-0.15, -0.1) is 0 Å². The number of piperidine rings is 1. The van der Waals surface area contributed by atoms with Crippen LogP contribution in [0.15, 0.2) is 72.8 Å². The van der Waals surface area contributed by atoms with Gasteiger partial charge < -0.3 is 9.80 Å². The van der Waals surface area contributed by atoms with Crippen LogP contribution in [0.2, 0.25) is 0 Å². The molecule has 0 bridgehead atoms. The van der Waals surface area contributed by atoms with E-state index in [9.17, 15) is 26.3 Å². The Kier molecular flexibility index (Phi) is 6.86. The van der Waals surface area contributed by atoms with Crippen molar-refractivity contribution in [2.45, 2.75) is 43.5 Å². The average Bonchev–Trinajstić information content (AvgIpc) is 3.43. The van der Waals surface area contributed by atoms with Crippen LogP contribution in [-0.2, 0) is 12.4 Å². The van der Waals surface area contributed by atoms with Crippen molar-refractivity contribution < 1.29 is 26.3 Å². The Labute approximate surface area is 212 Å². The molecule has 0 radical (unpaired) electrons. The van der Waals surface area contributed by atoms with Crippen LogP contribution in [0.25, 0.3) is 0 Å². The van der Waals surface area contributed by atoms with Crippen LogP contribution in [-0.4, -0.2) is 26.2 Å². The van der Waals surface area contributed by atoms with Gasteiger partial charge >= 0.3 is 12.4 Å². The molecule has 0 aliphatic carbocycles. The number of halogens is 6. The molecule has 2 nitrogen and oxygen atoms in total. The Morgan fingerprint density at radius 3 is 1.70 bits per heavy atom. The van der Waals surface area contributed by atoms with Gasteiger partial charge in [0.25, 0.3) is 0 Å². The zero-order chi connectivity index (χ0) is 26.2. The molecular weight excluding hydrogens is 490 g/mol. The molecular formula is C29H28F6N2. The summed E-state index contributed by atoms with van der Waals surface area (Å²) in [5.74, 6) is 0.00984. The maximum atomic E-state index is 13.5. The number of alkyl halides is 6. The fourth-order valence-electron chi connectivity index (χ4n) is 5.65. The number of anilines is 2. The van der Waals surface area contributed by atoms with E-state index in [1.807, 2.05) is 30.3 Å². The molecule has 2 aliphatic rings. The third kappa shape index (κ3) is 5.58. The molecule has 2 aliphatic heterocycles. The van der Waals surface area contributed by atoms with Crippen LogP contribution in [0.5, 0.6) is 0 Å². The van der Waals surface area contributed by atoms with Crippen molar-refractivity contribution >= 4 is 11.4 Å². The smallest absolute Gasteiger partial charge is 0.372 e. The van der Waals surface area contributed by atoms with Gasteiger partial charge in [0.2, 0.25) is 0 Å². The Morgan fingerprint density at radius 2 is 1.14 bits per heavy atom. The molecule has 0 spiro atoms. The highest BCUT2D eigenvalue weighted by Crippen LogP contribution is 2.44. The fourth-order valence-corrected chi connectivity index (χ4v) is 5.65. The normalized spacial score (nSPS) is 20.9. The molecule has 2 unspecified atom stereocenters. The molecule has 2 saturated heterocycles. The van der Waals surface area contributed by atoms with Crippen LogP contribution in [0.4, 0.5) is 37.7 Å². The second-order valence-corrected chi connectivity index (χ2v) is 9.91. The standard InChI is InChI=1S/C29H28F6N2/c30-28(31,32)22-16-23(29(33,34)35)18-25(17-22)37-15-12-26(27(19-37)20-6-2-1-3-7-20)21-8-10-24(11-9-21)36-13-4-5-14-36/h1-3,6-11,16-18,26-27H,4-5,12-15,19H2. The van der Waals surface area contributed by atoms with Crippen molar-refractivity contribution in [3.05, 3.63) is 95.1 Å². The summed E-state index contributed by atoms with van der Waals surface area (Å²) in [5.41, 5.74) is 0.714. The monoisotopic (exact) mass is 518 g/mol. The zero-order valence-corrected chi connectivity index (χ0v) is 20.2. The van der Waals surface area contributed by atoms with Gasteiger partial charge in [-0.3, -0.25) is 0 Å². The van der Waals surface area contributed by atoms with Gasteiger partial charge in [0.1, 0.15) is 0 Å². The van der Waals surface area contributed by atoms with E-state index in [2.05, 4.69) is 29.2 Å². The summed E-state index contributed by atoms with van der Waals surface area (Å²) in [5, 5.41) is 0. The van der Waals surface area contributed by atoms with Gasteiger partial charge in [-0.25, -0.2) is 0 Å². The van der Waals surface area contributed by atoms with Crippen LogP contribution >= 0.6 is 0 Å². The summed E-state index contributed by atoms with van der Waals surface area (Å²) in [7, 11) is 0. The first-order valence-corrected chi connectivity index (χ1v) is 12.5. The Hall–Kier alpha value is -3.16. The summed E-state index contributed by atoms with van der Waals surface area (Å²) in [6.07, 6.45) is -6.77. The van der Waals surface area contributed by atoms with E-state index in [0.29, 0.717) is 19.5 Å². The lowest BCUT2D eigenvalue weighted by atomic mass is 9.76. The molecule has 0 saturated carbocycles. The Morgan fingerprint density at radius 1 is 0.568 bits per heavy atom. The number of nitrogens with zero attached hydrogens (tertiary/aromatic N) is 2. The Balaban J connectivity index is 1.47. The predicted octanol–water partition coefficient (Wildman–Crippen LogP) is 8.10. The second-order valence-electron chi connectivity index (χ2n) is 9.91. The zero-order valence-electron chi connectivity index (χ0n) is 20.2. The highest BCUT2D eigenvalue weighted by molar-refractivity contribution is 5.55. The van der Waals surface area contributed by atoms with Crippen LogP contribution < -0.4 is 9.80 Å². The van der Waals surface area contributed by atoms with Crippen molar-refractivity contribution in [1.82, 2.24) is 0 Å². The van der Waals surface area contributed by atoms with Crippen LogP contribution in [0.3, 0.4) is 0 Å². The molecule has 2 atom stereocenters. The lowest BCUT2D eigenvalue weighted by Crippen LogP contribution is -2.38. The van der Waals surface area contributed by atoms with E-state index in [-0.39, 0.29) is 23.6 Å². The van der Waals surface area contributed by atoms with Crippen molar-refractivity contribution in [1.29, 1.82) is 0 Å². The quantitative estimate of drug-likeness (QED) is 0.322. The first kappa shape index (κ1) is 25.5. The largest absolute Gasteiger partial charge is 0.416 e. The first-order valence-electron chi connectivity index (χ1n) is 12.5. The molecule has 196 valence electrons. The topological polar surface area (TPSA) is 6.48 Å². The fraction of sp³-hybridized carbons (Fsp3) is 0.379. The Bertz CT molecular complexity index is 1170. The maximum Gasteiger partial charge on any atom is 0.416 e. The molecule has 8 heteroatoms. The van der Waals surface area contributed by atoms with E-state index in [0.717, 1.165) is 36.3 Å². The molecule has 2 fully saturated rings. The van der Waals surface area contributed by atoms with Gasteiger partial charge in [-0.2, -0.15) is 26.3 Å². The van der Waals surface area contributed by atoms with Gasteiger partial charge in [-0.1, -0.05) is 42.5 Å². The number of rotatable bonds is 4. The van der Waals surface area contributed by atoms with E-state index in [4.69, 9.17) is 0 Å². The first-order chi connectivity index (χ1) is 17.6. The van der Waals surface area contributed by atoms with Gasteiger partial charge in [-0.05, 0) is 66.6 Å². The molecule has 0 N–H and O–H groups in total. The maximum absolute atomic E-state index is 13.5. The third-order valence-corrected chi connectivity index (χ3v) is 7.57. The minimum Gasteiger partial charge on any atom is -0.372 e. The van der Waals surface area contributed by atoms with Crippen molar-refractivity contribution in [3.8, 4) is 0 Å². The lowest BCUT2D eigenvalue weighted by Gasteiger charge is -2.41. The van der Waals surface area contributed by atoms with Crippen molar-refractivity contribution in [3.63, 3.8) is 0 Å². The van der Waals surface area contributed by atoms with E-state index < -0.39 is 23.5 Å². The molecule has 2 heterocycles. The van der Waals surface area contributed by atoms with Crippen molar-refractivity contribution in [2.75, 3.05) is 36.0 Å². The van der Waals surface area contributed by atoms with Crippen LogP contribution in [0, 0.1) is 0 Å². The molecule has 37 heavy (non-hydrogen) atoms. The van der Waals surface area contributed by atoms with E-state index in [1.54, 1.807) is 4.90 Å². The highest BCUT2D eigenvalue weighted by Gasteiger charge is 2.39. The van der Waals surface area contributed by atoms with E-state index in [1.165, 1.54) is 18.5 Å². The molecule has 3 aromatic carbocycles. The molecule has 0 aromatic heterocycles. The number of hydrogen-bond donors (Lipinski definition) is 0. The minimum absolute atomic E-state index is 0.0501. The summed E-state index contributed by atoms with van der Waals surface area (Å²) in [6.45, 7) is 2.77. The second kappa shape index (κ2) is 9.95. The van der Waals surface area contributed by atoms with Gasteiger partial charge in [0.15, 0.2) is 0 Å². The van der Waals surface area contributed by atoms with Gasteiger partial charge in [0.05, 0.1) is 11.1 Å². The van der Waals surface area contributed by atoms with E-state index >= 15 is 0 Å². The van der Waals surface area contributed by atoms with Crippen molar-refractivity contribution in [2.24, 2.45) is 0 Å². The summed E-state index contributed by atoms with van der Waals surface area (Å²) in [6, 6.07) is 20.0. The summed E-state index contributed by atoms with van der Waals surface area (Å²) in [4.78, 5) is 4.02. The molecule has 5 rings (SSSR count). The molecule has 3 aromatic rings. The van der Waals surface area contributed by atoms with Gasteiger partial charge in [0, 0.05) is 43.5 Å². The number of benzene rings is 3.